The van der Waals surface area contributed by atoms with Crippen LogP contribution in [0.4, 0.5) is 5.69 Å². The van der Waals surface area contributed by atoms with Crippen molar-refractivity contribution in [3.63, 3.8) is 0 Å². The molecular weight excluding hydrogens is 236 g/mol. The summed E-state index contributed by atoms with van der Waals surface area (Å²) < 4.78 is 0. The maximum absolute atomic E-state index is 12.1. The van der Waals surface area contributed by atoms with Crippen LogP contribution in [-0.4, -0.2) is 12.5 Å². The molecule has 0 radical (unpaired) electrons. The Morgan fingerprint density at radius 1 is 1.41 bits per heavy atom. The lowest BCUT2D eigenvalue weighted by atomic mass is 9.95. The molecule has 90 valence electrons. The predicted molar refractivity (Wildman–Crippen MR) is 69.8 cm³/mol. The van der Waals surface area contributed by atoms with Crippen molar-refractivity contribution in [3.8, 4) is 0 Å². The van der Waals surface area contributed by atoms with Gasteiger partial charge in [0.2, 0.25) is 5.91 Å². The van der Waals surface area contributed by atoms with Crippen molar-refractivity contribution < 1.29 is 4.79 Å². The second-order valence-electron chi connectivity index (χ2n) is 4.40. The Balaban J connectivity index is 2.11. The fraction of sp³-hybridized carbons (Fsp3) is 0.308. The molecule has 0 spiro atoms. The van der Waals surface area contributed by atoms with E-state index in [0.717, 1.165) is 18.4 Å². The lowest BCUT2D eigenvalue weighted by Crippen LogP contribution is -2.35. The third-order valence-electron chi connectivity index (χ3n) is 3.09. The van der Waals surface area contributed by atoms with Gasteiger partial charge in [-0.3, -0.25) is 4.79 Å². The summed E-state index contributed by atoms with van der Waals surface area (Å²) in [5, 5.41) is 3.23. The summed E-state index contributed by atoms with van der Waals surface area (Å²) in [6, 6.07) is 7.47. The zero-order valence-corrected chi connectivity index (χ0v) is 10.3. The number of hydrogen-bond acceptors (Lipinski definition) is 2. The van der Waals surface area contributed by atoms with Gasteiger partial charge in [0.1, 0.15) is 0 Å². The third kappa shape index (κ3) is 2.44. The lowest BCUT2D eigenvalue weighted by Gasteiger charge is -2.15. The van der Waals surface area contributed by atoms with Crippen LogP contribution < -0.4 is 11.1 Å². The van der Waals surface area contributed by atoms with Gasteiger partial charge in [-0.1, -0.05) is 30.3 Å². The molecule has 3 N–H and O–H groups in total. The fourth-order valence-corrected chi connectivity index (χ4v) is 1.99. The highest BCUT2D eigenvalue weighted by Gasteiger charge is 2.50. The van der Waals surface area contributed by atoms with Crippen LogP contribution in [0.25, 0.3) is 0 Å². The number of amides is 1. The summed E-state index contributed by atoms with van der Waals surface area (Å²) in [4.78, 5) is 12.1. The first-order valence-corrected chi connectivity index (χ1v) is 5.90. The Labute approximate surface area is 106 Å². The van der Waals surface area contributed by atoms with Gasteiger partial charge < -0.3 is 11.1 Å². The Hall–Kier alpha value is -1.48. The molecule has 0 bridgehead atoms. The first kappa shape index (κ1) is 12.0. The average Bonchev–Trinajstić information content (AvgIpc) is 3.08. The van der Waals surface area contributed by atoms with Crippen LogP contribution in [0, 0.1) is 0 Å². The van der Waals surface area contributed by atoms with Gasteiger partial charge in [0.05, 0.1) is 12.0 Å². The van der Waals surface area contributed by atoms with E-state index in [-0.39, 0.29) is 11.3 Å². The summed E-state index contributed by atoms with van der Waals surface area (Å²) in [6.45, 7) is 3.86. The molecule has 1 aliphatic rings. The smallest absolute Gasteiger partial charge is 0.230 e. The van der Waals surface area contributed by atoms with Crippen molar-refractivity contribution in [3.05, 3.63) is 41.4 Å². The number of nitrogen functional groups attached to an aromatic ring is 1. The van der Waals surface area contributed by atoms with Crippen molar-refractivity contribution in [1.82, 2.24) is 5.32 Å². The molecule has 0 heterocycles. The summed E-state index contributed by atoms with van der Waals surface area (Å²) in [6.07, 6.45) is 1.75. The van der Waals surface area contributed by atoms with E-state index in [4.69, 9.17) is 17.3 Å². The van der Waals surface area contributed by atoms with Crippen LogP contribution in [-0.2, 0) is 10.2 Å². The zero-order valence-electron chi connectivity index (χ0n) is 9.50. The molecule has 0 atom stereocenters. The molecule has 0 aliphatic heterocycles. The van der Waals surface area contributed by atoms with Gasteiger partial charge in [-0.05, 0) is 30.5 Å². The lowest BCUT2D eigenvalue weighted by molar-refractivity contribution is -0.123. The van der Waals surface area contributed by atoms with E-state index in [9.17, 15) is 4.79 Å². The van der Waals surface area contributed by atoms with E-state index >= 15 is 0 Å². The van der Waals surface area contributed by atoms with Crippen LogP contribution in [0.5, 0.6) is 0 Å². The Morgan fingerprint density at radius 2 is 2.00 bits per heavy atom. The van der Waals surface area contributed by atoms with E-state index in [1.807, 2.05) is 24.3 Å². The second kappa shape index (κ2) is 4.41. The number of nitrogens with one attached hydrogen (secondary N) is 1. The van der Waals surface area contributed by atoms with Gasteiger partial charge in [-0.25, -0.2) is 0 Å². The minimum atomic E-state index is -0.375. The first-order chi connectivity index (χ1) is 8.04. The minimum absolute atomic E-state index is 0.0177. The van der Waals surface area contributed by atoms with Gasteiger partial charge in [0.15, 0.2) is 0 Å². The van der Waals surface area contributed by atoms with Gasteiger partial charge in [-0.2, -0.15) is 0 Å². The van der Waals surface area contributed by atoms with Crippen molar-refractivity contribution in [1.29, 1.82) is 0 Å². The maximum atomic E-state index is 12.1. The molecule has 17 heavy (non-hydrogen) atoms. The molecule has 0 saturated heterocycles. The van der Waals surface area contributed by atoms with Crippen molar-refractivity contribution >= 4 is 23.2 Å². The summed E-state index contributed by atoms with van der Waals surface area (Å²) in [7, 11) is 0. The zero-order chi connectivity index (χ0) is 12.5. The number of anilines is 1. The highest BCUT2D eigenvalue weighted by atomic mass is 35.5. The van der Waals surface area contributed by atoms with E-state index in [2.05, 4.69) is 11.9 Å². The molecule has 0 unspecified atom stereocenters. The van der Waals surface area contributed by atoms with Crippen LogP contribution in [0.3, 0.4) is 0 Å². The average molecular weight is 251 g/mol. The number of nitrogens with two attached hydrogens (primary N) is 1. The molecule has 4 heteroatoms. The van der Waals surface area contributed by atoms with Crippen LogP contribution >= 0.6 is 11.6 Å². The number of benzene rings is 1. The van der Waals surface area contributed by atoms with Crippen molar-refractivity contribution in [2.24, 2.45) is 0 Å². The third-order valence-corrected chi connectivity index (χ3v) is 3.22. The van der Waals surface area contributed by atoms with E-state index in [1.165, 1.54) is 0 Å². The number of hydrogen-bond donors (Lipinski definition) is 2. The number of rotatable bonds is 4. The minimum Gasteiger partial charge on any atom is -0.399 e. The fourth-order valence-electron chi connectivity index (χ4n) is 1.92. The second-order valence-corrected chi connectivity index (χ2v) is 4.94. The molecule has 1 fully saturated rings. The largest absolute Gasteiger partial charge is 0.399 e. The molecule has 0 aromatic heterocycles. The van der Waals surface area contributed by atoms with Gasteiger partial charge in [-0.15, -0.1) is 0 Å². The van der Waals surface area contributed by atoms with Gasteiger partial charge in [0.25, 0.3) is 0 Å². The van der Waals surface area contributed by atoms with Crippen LogP contribution in [0.1, 0.15) is 18.4 Å². The Bertz CT molecular complexity index is 449. The molecule has 2 rings (SSSR count). The number of halogens is 1. The van der Waals surface area contributed by atoms with E-state index in [0.29, 0.717) is 17.3 Å². The molecule has 3 nitrogen and oxygen atoms in total. The highest BCUT2D eigenvalue weighted by molar-refractivity contribution is 6.29. The topological polar surface area (TPSA) is 55.1 Å². The van der Waals surface area contributed by atoms with Gasteiger partial charge >= 0.3 is 0 Å². The summed E-state index contributed by atoms with van der Waals surface area (Å²) in [5.41, 5.74) is 6.99. The molecule has 1 aliphatic carbocycles. The molecule has 1 aromatic carbocycles. The van der Waals surface area contributed by atoms with Crippen LogP contribution in [0.15, 0.2) is 35.9 Å². The highest BCUT2D eigenvalue weighted by Crippen LogP contribution is 2.48. The normalized spacial score (nSPS) is 16.3. The van der Waals surface area contributed by atoms with Crippen molar-refractivity contribution in [2.45, 2.75) is 18.3 Å². The molecule has 1 saturated carbocycles. The Kier molecular flexibility index (Phi) is 3.11. The first-order valence-electron chi connectivity index (χ1n) is 5.52. The molecule has 1 amide bonds. The monoisotopic (exact) mass is 250 g/mol. The van der Waals surface area contributed by atoms with Crippen LogP contribution in [0.2, 0.25) is 0 Å². The van der Waals surface area contributed by atoms with Crippen molar-refractivity contribution in [2.75, 3.05) is 12.3 Å². The standard InChI is InChI=1S/C13H15ClN2O/c1-9(14)8-16-12(17)13(6-7-13)10-2-4-11(15)5-3-10/h2-5H,1,6-8,15H2,(H,16,17). The number of carbonyl (C=O) groups excluding carboxylic acids is 1. The van der Waals surface area contributed by atoms with E-state index in [1.54, 1.807) is 0 Å². The number of carbonyl (C=O) groups is 1. The SMILES string of the molecule is C=C(Cl)CNC(=O)C1(c2ccc(N)cc2)CC1. The predicted octanol–water partition coefficient (Wildman–Crippen LogP) is 2.17. The maximum Gasteiger partial charge on any atom is 0.230 e. The van der Waals surface area contributed by atoms with Gasteiger partial charge in [0, 0.05) is 10.7 Å². The summed E-state index contributed by atoms with van der Waals surface area (Å²) in [5.74, 6) is 0.0177. The Morgan fingerprint density at radius 3 is 2.47 bits per heavy atom. The molecular formula is C13H15ClN2O. The summed E-state index contributed by atoms with van der Waals surface area (Å²) >= 11 is 5.63. The molecule has 1 aromatic rings. The van der Waals surface area contributed by atoms with E-state index < -0.39 is 0 Å². The quantitative estimate of drug-likeness (QED) is 0.805.